The quantitative estimate of drug-likeness (QED) is 0.568. The molecule has 0 aliphatic heterocycles. The summed E-state index contributed by atoms with van der Waals surface area (Å²) >= 11 is 0.932. The molecule has 0 unspecified atom stereocenters. The summed E-state index contributed by atoms with van der Waals surface area (Å²) in [6.45, 7) is 4.57. The molecular weight excluding hydrogens is 333 g/mol. The number of aromatic nitrogens is 3. The maximum Gasteiger partial charge on any atom is 0.293 e. The number of hydrazone groups is 1. The molecule has 24 heavy (non-hydrogen) atoms. The van der Waals surface area contributed by atoms with Crippen LogP contribution in [0, 0.1) is 12.1 Å². The van der Waals surface area contributed by atoms with Crippen molar-refractivity contribution in [3.63, 3.8) is 0 Å². The van der Waals surface area contributed by atoms with E-state index in [2.05, 4.69) is 20.8 Å². The number of nitrogens with zero attached hydrogens (tertiary/aromatic N) is 4. The molecule has 3 heterocycles. The van der Waals surface area contributed by atoms with Gasteiger partial charge >= 0.3 is 0 Å². The number of nitrogens with one attached hydrogen (secondary N) is 1. The SMILES string of the molecule is CCn1cc(-c2cc(C(=O)NN=Cc3ccc(F)s3)no2)c(C)n1. The Kier molecular flexibility index (Phi) is 4.52. The van der Waals surface area contributed by atoms with Crippen molar-refractivity contribution >= 4 is 23.5 Å². The van der Waals surface area contributed by atoms with Crippen LogP contribution in [0.25, 0.3) is 11.3 Å². The smallest absolute Gasteiger partial charge is 0.293 e. The summed E-state index contributed by atoms with van der Waals surface area (Å²) in [5.41, 5.74) is 3.99. The van der Waals surface area contributed by atoms with Crippen LogP contribution in [0.2, 0.25) is 0 Å². The van der Waals surface area contributed by atoms with Crippen molar-refractivity contribution in [2.45, 2.75) is 20.4 Å². The number of carbonyl (C=O) groups excluding carboxylic acids is 1. The van der Waals surface area contributed by atoms with Crippen LogP contribution in [-0.2, 0) is 6.54 Å². The van der Waals surface area contributed by atoms with Crippen LogP contribution in [0.4, 0.5) is 4.39 Å². The Morgan fingerprint density at radius 3 is 3.04 bits per heavy atom. The van der Waals surface area contributed by atoms with E-state index >= 15 is 0 Å². The van der Waals surface area contributed by atoms with Gasteiger partial charge in [0.25, 0.3) is 5.91 Å². The van der Waals surface area contributed by atoms with E-state index in [1.54, 1.807) is 10.7 Å². The van der Waals surface area contributed by atoms with Gasteiger partial charge in [-0.2, -0.15) is 14.6 Å². The highest BCUT2D eigenvalue weighted by Crippen LogP contribution is 2.23. The minimum atomic E-state index is -0.515. The molecule has 0 saturated heterocycles. The first-order valence-electron chi connectivity index (χ1n) is 7.16. The van der Waals surface area contributed by atoms with Crippen LogP contribution in [0.1, 0.15) is 28.0 Å². The average molecular weight is 347 g/mol. The molecule has 0 aliphatic carbocycles. The maximum atomic E-state index is 12.8. The summed E-state index contributed by atoms with van der Waals surface area (Å²) in [4.78, 5) is 12.6. The van der Waals surface area contributed by atoms with E-state index in [1.165, 1.54) is 18.3 Å². The van der Waals surface area contributed by atoms with Gasteiger partial charge < -0.3 is 4.52 Å². The number of aryl methyl sites for hydroxylation is 2. The lowest BCUT2D eigenvalue weighted by atomic mass is 10.2. The molecule has 1 amide bonds. The van der Waals surface area contributed by atoms with Crippen LogP contribution in [-0.4, -0.2) is 27.1 Å². The standard InChI is InChI=1S/C15H14FN5O2S/c1-3-21-8-11(9(2)19-21)13-6-12(20-23-13)15(22)18-17-7-10-4-5-14(16)24-10/h4-8H,3H2,1-2H3,(H,18,22). The van der Waals surface area contributed by atoms with E-state index in [0.29, 0.717) is 10.6 Å². The predicted octanol–water partition coefficient (Wildman–Crippen LogP) is 2.83. The second kappa shape index (κ2) is 6.75. The molecule has 0 fully saturated rings. The molecule has 0 atom stereocenters. The highest BCUT2D eigenvalue weighted by atomic mass is 32.1. The predicted molar refractivity (Wildman–Crippen MR) is 87.5 cm³/mol. The van der Waals surface area contributed by atoms with Crippen molar-refractivity contribution in [3.05, 3.63) is 45.8 Å². The van der Waals surface area contributed by atoms with Crippen molar-refractivity contribution in [2.75, 3.05) is 0 Å². The molecule has 3 rings (SSSR count). The van der Waals surface area contributed by atoms with E-state index in [4.69, 9.17) is 4.52 Å². The fourth-order valence-electron chi connectivity index (χ4n) is 2.04. The van der Waals surface area contributed by atoms with Crippen LogP contribution in [0.5, 0.6) is 0 Å². The second-order valence-corrected chi connectivity index (χ2v) is 5.97. The zero-order chi connectivity index (χ0) is 17.1. The Hall–Kier alpha value is -2.81. The Bertz CT molecular complexity index is 895. The Labute approximate surface area is 140 Å². The van der Waals surface area contributed by atoms with Gasteiger partial charge in [0, 0.05) is 18.8 Å². The summed E-state index contributed by atoms with van der Waals surface area (Å²) in [5.74, 6) is -0.0551. The zero-order valence-corrected chi connectivity index (χ0v) is 13.8. The first kappa shape index (κ1) is 16.1. The van der Waals surface area contributed by atoms with E-state index in [9.17, 15) is 9.18 Å². The molecule has 0 aliphatic rings. The van der Waals surface area contributed by atoms with Crippen molar-refractivity contribution < 1.29 is 13.7 Å². The summed E-state index contributed by atoms with van der Waals surface area (Å²) < 4.78 is 19.8. The minimum Gasteiger partial charge on any atom is -0.355 e. The largest absolute Gasteiger partial charge is 0.355 e. The molecule has 3 aromatic heterocycles. The number of rotatable bonds is 5. The maximum absolute atomic E-state index is 12.8. The molecule has 0 bridgehead atoms. The highest BCUT2D eigenvalue weighted by molar-refractivity contribution is 7.12. The van der Waals surface area contributed by atoms with Crippen molar-refractivity contribution in [1.82, 2.24) is 20.4 Å². The molecule has 1 N–H and O–H groups in total. The Balaban J connectivity index is 1.69. The molecule has 0 spiro atoms. The monoisotopic (exact) mass is 347 g/mol. The van der Waals surface area contributed by atoms with E-state index in [-0.39, 0.29) is 10.8 Å². The number of hydrogen-bond acceptors (Lipinski definition) is 6. The van der Waals surface area contributed by atoms with Crippen LogP contribution >= 0.6 is 11.3 Å². The third kappa shape index (κ3) is 3.40. The zero-order valence-electron chi connectivity index (χ0n) is 13.0. The van der Waals surface area contributed by atoms with Gasteiger partial charge in [-0.05, 0) is 26.0 Å². The van der Waals surface area contributed by atoms with Crippen molar-refractivity contribution in [1.29, 1.82) is 0 Å². The number of thiophene rings is 1. The normalized spacial score (nSPS) is 11.3. The van der Waals surface area contributed by atoms with E-state index in [1.807, 2.05) is 20.0 Å². The molecule has 0 saturated carbocycles. The van der Waals surface area contributed by atoms with Crippen molar-refractivity contribution in [2.24, 2.45) is 5.10 Å². The molecule has 9 heteroatoms. The molecule has 0 aromatic carbocycles. The van der Waals surface area contributed by atoms with Gasteiger partial charge in [-0.1, -0.05) is 5.16 Å². The number of halogens is 1. The van der Waals surface area contributed by atoms with Gasteiger partial charge in [-0.25, -0.2) is 5.43 Å². The fraction of sp³-hybridized carbons (Fsp3) is 0.200. The summed E-state index contributed by atoms with van der Waals surface area (Å²) in [5, 5.41) is 11.5. The number of amides is 1. The van der Waals surface area contributed by atoms with Gasteiger partial charge in [0.05, 0.1) is 22.3 Å². The third-order valence-corrected chi connectivity index (χ3v) is 4.04. The highest BCUT2D eigenvalue weighted by Gasteiger charge is 2.16. The molecule has 3 aromatic rings. The first-order chi connectivity index (χ1) is 11.6. The molecular formula is C15H14FN5O2S. The summed E-state index contributed by atoms with van der Waals surface area (Å²) in [6.07, 6.45) is 3.20. The van der Waals surface area contributed by atoms with Crippen LogP contribution in [0.3, 0.4) is 0 Å². The lowest BCUT2D eigenvalue weighted by Gasteiger charge is -1.92. The first-order valence-corrected chi connectivity index (χ1v) is 7.98. The van der Waals surface area contributed by atoms with Gasteiger partial charge in [0.1, 0.15) is 0 Å². The molecule has 7 nitrogen and oxygen atoms in total. The van der Waals surface area contributed by atoms with Gasteiger partial charge in [-0.3, -0.25) is 9.48 Å². The Morgan fingerprint density at radius 2 is 2.38 bits per heavy atom. The lowest BCUT2D eigenvalue weighted by Crippen LogP contribution is -2.17. The molecule has 124 valence electrons. The summed E-state index contributed by atoms with van der Waals surface area (Å²) in [7, 11) is 0. The van der Waals surface area contributed by atoms with Crippen LogP contribution < -0.4 is 5.43 Å². The number of carbonyl (C=O) groups is 1. The third-order valence-electron chi connectivity index (χ3n) is 3.23. The van der Waals surface area contributed by atoms with Gasteiger partial charge in [0.15, 0.2) is 16.6 Å². The fourth-order valence-corrected chi connectivity index (χ4v) is 2.64. The second-order valence-electron chi connectivity index (χ2n) is 4.90. The van der Waals surface area contributed by atoms with Crippen LogP contribution in [0.15, 0.2) is 34.0 Å². The minimum absolute atomic E-state index is 0.100. The van der Waals surface area contributed by atoms with E-state index in [0.717, 1.165) is 29.1 Å². The lowest BCUT2D eigenvalue weighted by molar-refractivity contribution is 0.0946. The van der Waals surface area contributed by atoms with Crippen molar-refractivity contribution in [3.8, 4) is 11.3 Å². The van der Waals surface area contributed by atoms with Gasteiger partial charge in [-0.15, -0.1) is 11.3 Å². The Morgan fingerprint density at radius 1 is 1.54 bits per heavy atom. The van der Waals surface area contributed by atoms with Gasteiger partial charge in [0.2, 0.25) is 0 Å². The summed E-state index contributed by atoms with van der Waals surface area (Å²) in [6, 6.07) is 4.42. The topological polar surface area (TPSA) is 85.3 Å². The number of hydrogen-bond donors (Lipinski definition) is 1. The molecule has 0 radical (unpaired) electrons. The van der Waals surface area contributed by atoms with E-state index < -0.39 is 5.91 Å². The average Bonchev–Trinajstić information content (AvgIpc) is 3.27.